The molecule has 158 valence electrons. The maximum atomic E-state index is 12.3. The number of benzene rings is 3. The van der Waals surface area contributed by atoms with E-state index in [0.717, 1.165) is 5.56 Å². The van der Waals surface area contributed by atoms with Crippen LogP contribution in [-0.2, 0) is 4.79 Å². The topological polar surface area (TPSA) is 99.3 Å². The number of aryl methyl sites for hydroxylation is 1. The Balaban J connectivity index is 1.48. The van der Waals surface area contributed by atoms with Crippen LogP contribution in [0, 0.1) is 6.92 Å². The minimum Gasteiger partial charge on any atom is -0.343 e. The normalized spacial score (nSPS) is 10.1. The standard InChI is InChI=1S/C23H21ClN4O3/c1-15-7-12-20(19(24)13-15)28-21(29)14-25-22(30)16-8-10-18(11-9-16)27-23(31)26-17-5-3-2-4-6-17/h2-13H,14H2,1H3,(H,25,30)(H,28,29)(H2,26,27,31). The first-order valence-corrected chi connectivity index (χ1v) is 9.86. The van der Waals surface area contributed by atoms with Gasteiger partial charge >= 0.3 is 6.03 Å². The Morgan fingerprint density at radius 3 is 2.10 bits per heavy atom. The van der Waals surface area contributed by atoms with E-state index in [1.165, 1.54) is 0 Å². The summed E-state index contributed by atoms with van der Waals surface area (Å²) in [5.41, 5.74) is 3.01. The molecule has 4 N–H and O–H groups in total. The van der Waals surface area contributed by atoms with Crippen LogP contribution in [0.25, 0.3) is 0 Å². The van der Waals surface area contributed by atoms with E-state index in [1.54, 1.807) is 48.5 Å². The molecule has 0 bridgehead atoms. The quantitative estimate of drug-likeness (QED) is 0.452. The van der Waals surface area contributed by atoms with Gasteiger partial charge in [0.25, 0.3) is 5.91 Å². The number of para-hydroxylation sites is 1. The fourth-order valence-corrected chi connectivity index (χ4v) is 2.98. The van der Waals surface area contributed by atoms with Gasteiger partial charge in [-0.25, -0.2) is 4.79 Å². The van der Waals surface area contributed by atoms with E-state index in [4.69, 9.17) is 11.6 Å². The van der Waals surface area contributed by atoms with Gasteiger partial charge in [0.1, 0.15) is 0 Å². The number of halogens is 1. The number of hydrogen-bond donors (Lipinski definition) is 4. The maximum absolute atomic E-state index is 12.3. The number of carbonyl (C=O) groups excluding carboxylic acids is 3. The minimum absolute atomic E-state index is 0.206. The van der Waals surface area contributed by atoms with Crippen LogP contribution in [0.15, 0.2) is 72.8 Å². The molecule has 0 aliphatic rings. The van der Waals surface area contributed by atoms with Gasteiger partial charge in [-0.05, 0) is 61.0 Å². The predicted molar refractivity (Wildman–Crippen MR) is 123 cm³/mol. The smallest absolute Gasteiger partial charge is 0.323 e. The van der Waals surface area contributed by atoms with Crippen LogP contribution < -0.4 is 21.3 Å². The molecule has 8 heteroatoms. The lowest BCUT2D eigenvalue weighted by atomic mass is 10.2. The first-order chi connectivity index (χ1) is 14.9. The van der Waals surface area contributed by atoms with Gasteiger partial charge in [-0.2, -0.15) is 0 Å². The van der Waals surface area contributed by atoms with Crippen molar-refractivity contribution >= 4 is 46.5 Å². The van der Waals surface area contributed by atoms with Gasteiger partial charge in [0.2, 0.25) is 5.91 Å². The van der Waals surface area contributed by atoms with Gasteiger partial charge in [-0.1, -0.05) is 35.9 Å². The van der Waals surface area contributed by atoms with E-state index in [2.05, 4.69) is 21.3 Å². The Hall–Kier alpha value is -3.84. The Morgan fingerprint density at radius 1 is 0.806 bits per heavy atom. The highest BCUT2D eigenvalue weighted by Crippen LogP contribution is 2.22. The van der Waals surface area contributed by atoms with E-state index in [0.29, 0.717) is 27.6 Å². The second-order valence-electron chi connectivity index (χ2n) is 6.74. The van der Waals surface area contributed by atoms with Gasteiger partial charge in [-0.3, -0.25) is 9.59 Å². The first-order valence-electron chi connectivity index (χ1n) is 9.48. The second kappa shape index (κ2) is 10.3. The van der Waals surface area contributed by atoms with Crippen LogP contribution in [0.4, 0.5) is 21.9 Å². The molecule has 0 heterocycles. The summed E-state index contributed by atoms with van der Waals surface area (Å²) in [6.07, 6.45) is 0. The molecule has 3 rings (SSSR count). The van der Waals surface area contributed by atoms with Gasteiger partial charge in [0.15, 0.2) is 0 Å². The fourth-order valence-electron chi connectivity index (χ4n) is 2.70. The molecule has 0 radical (unpaired) electrons. The van der Waals surface area contributed by atoms with Gasteiger partial charge in [-0.15, -0.1) is 0 Å². The minimum atomic E-state index is -0.412. The number of amides is 4. The van der Waals surface area contributed by atoms with Gasteiger partial charge < -0.3 is 21.3 Å². The van der Waals surface area contributed by atoms with Crippen molar-refractivity contribution in [2.45, 2.75) is 6.92 Å². The molecule has 0 aromatic heterocycles. The molecule has 7 nitrogen and oxygen atoms in total. The third kappa shape index (κ3) is 6.58. The number of nitrogens with one attached hydrogen (secondary N) is 4. The van der Waals surface area contributed by atoms with Crippen LogP contribution in [0.5, 0.6) is 0 Å². The van der Waals surface area contributed by atoms with Gasteiger partial charge in [0.05, 0.1) is 17.3 Å². The molecular formula is C23H21ClN4O3. The highest BCUT2D eigenvalue weighted by molar-refractivity contribution is 6.33. The summed E-state index contributed by atoms with van der Waals surface area (Å²) in [7, 11) is 0. The third-order valence-electron chi connectivity index (χ3n) is 4.24. The second-order valence-corrected chi connectivity index (χ2v) is 7.14. The summed E-state index contributed by atoms with van der Waals surface area (Å²) >= 11 is 6.09. The number of carbonyl (C=O) groups is 3. The van der Waals surface area contributed by atoms with Crippen LogP contribution in [0.3, 0.4) is 0 Å². The van der Waals surface area contributed by atoms with Crippen LogP contribution in [-0.4, -0.2) is 24.4 Å². The highest BCUT2D eigenvalue weighted by atomic mass is 35.5. The zero-order chi connectivity index (χ0) is 22.2. The number of hydrogen-bond acceptors (Lipinski definition) is 3. The Bertz CT molecular complexity index is 1090. The third-order valence-corrected chi connectivity index (χ3v) is 4.56. The zero-order valence-corrected chi connectivity index (χ0v) is 17.5. The summed E-state index contributed by atoms with van der Waals surface area (Å²) in [6.45, 7) is 1.69. The molecule has 3 aromatic carbocycles. The number of anilines is 3. The Kier molecular flexibility index (Phi) is 7.24. The van der Waals surface area contributed by atoms with E-state index in [1.807, 2.05) is 31.2 Å². The highest BCUT2D eigenvalue weighted by Gasteiger charge is 2.10. The van der Waals surface area contributed by atoms with Crippen molar-refractivity contribution in [3.8, 4) is 0 Å². The molecule has 4 amide bonds. The molecule has 31 heavy (non-hydrogen) atoms. The largest absolute Gasteiger partial charge is 0.343 e. The molecule has 0 spiro atoms. The van der Waals surface area contributed by atoms with Crippen LogP contribution in [0.2, 0.25) is 5.02 Å². The zero-order valence-electron chi connectivity index (χ0n) is 16.7. The lowest BCUT2D eigenvalue weighted by molar-refractivity contribution is -0.115. The van der Waals surface area contributed by atoms with Crippen molar-refractivity contribution in [2.24, 2.45) is 0 Å². The van der Waals surface area contributed by atoms with Crippen LogP contribution in [0.1, 0.15) is 15.9 Å². The molecule has 0 aliphatic carbocycles. The first kappa shape index (κ1) is 21.9. The van der Waals surface area contributed by atoms with Crippen LogP contribution >= 0.6 is 11.6 Å². The molecule has 3 aromatic rings. The van der Waals surface area contributed by atoms with E-state index >= 15 is 0 Å². The summed E-state index contributed by atoms with van der Waals surface area (Å²) < 4.78 is 0. The molecule has 0 atom stereocenters. The van der Waals surface area contributed by atoms with E-state index in [-0.39, 0.29) is 6.54 Å². The lowest BCUT2D eigenvalue weighted by Crippen LogP contribution is -2.32. The van der Waals surface area contributed by atoms with Crippen molar-refractivity contribution in [3.05, 3.63) is 88.9 Å². The summed E-state index contributed by atoms with van der Waals surface area (Å²) in [5.74, 6) is -0.805. The maximum Gasteiger partial charge on any atom is 0.323 e. The Labute approximate surface area is 184 Å². The van der Waals surface area contributed by atoms with E-state index in [9.17, 15) is 14.4 Å². The number of urea groups is 1. The van der Waals surface area contributed by atoms with Crippen molar-refractivity contribution < 1.29 is 14.4 Å². The molecule has 0 fully saturated rings. The number of rotatable bonds is 6. The fraction of sp³-hybridized carbons (Fsp3) is 0.0870. The summed E-state index contributed by atoms with van der Waals surface area (Å²) in [6, 6.07) is 20.2. The van der Waals surface area contributed by atoms with Crippen molar-refractivity contribution in [2.75, 3.05) is 22.5 Å². The predicted octanol–water partition coefficient (Wildman–Crippen LogP) is 4.66. The lowest BCUT2D eigenvalue weighted by Gasteiger charge is -2.10. The molecule has 0 saturated heterocycles. The summed E-state index contributed by atoms with van der Waals surface area (Å²) in [5, 5.41) is 11.0. The summed E-state index contributed by atoms with van der Waals surface area (Å²) in [4.78, 5) is 36.4. The van der Waals surface area contributed by atoms with Crippen molar-refractivity contribution in [1.29, 1.82) is 0 Å². The monoisotopic (exact) mass is 436 g/mol. The molecular weight excluding hydrogens is 416 g/mol. The molecule has 0 aliphatic heterocycles. The van der Waals surface area contributed by atoms with E-state index < -0.39 is 17.8 Å². The van der Waals surface area contributed by atoms with Gasteiger partial charge in [0, 0.05) is 16.9 Å². The SMILES string of the molecule is Cc1ccc(NC(=O)CNC(=O)c2ccc(NC(=O)Nc3ccccc3)cc2)c(Cl)c1. The molecule has 0 saturated carbocycles. The molecule has 0 unspecified atom stereocenters. The Morgan fingerprint density at radius 2 is 1.45 bits per heavy atom. The van der Waals surface area contributed by atoms with Crippen molar-refractivity contribution in [1.82, 2.24) is 5.32 Å². The average molecular weight is 437 g/mol. The average Bonchev–Trinajstić information content (AvgIpc) is 2.75. The van der Waals surface area contributed by atoms with Crippen molar-refractivity contribution in [3.63, 3.8) is 0 Å².